The Morgan fingerprint density at radius 2 is 2.27 bits per heavy atom. The van der Waals surface area contributed by atoms with E-state index in [1.165, 1.54) is 13.2 Å². The molecule has 0 aromatic heterocycles. The Morgan fingerprint density at radius 1 is 1.47 bits per heavy atom. The van der Waals surface area contributed by atoms with Crippen LogP contribution in [-0.4, -0.2) is 13.7 Å². The Hall–Kier alpha value is -1.09. The zero-order valence-electron chi connectivity index (χ0n) is 9.09. The van der Waals surface area contributed by atoms with Gasteiger partial charge in [0, 0.05) is 11.6 Å². The lowest BCUT2D eigenvalue weighted by molar-refractivity contribution is 0.369. The van der Waals surface area contributed by atoms with Crippen LogP contribution in [0.15, 0.2) is 18.2 Å². The lowest BCUT2D eigenvalue weighted by Gasteiger charge is -2.19. The maximum atomic E-state index is 13.5. The summed E-state index contributed by atoms with van der Waals surface area (Å²) in [6, 6.07) is 5.32. The molecule has 0 aliphatic carbocycles. The van der Waals surface area contributed by atoms with Gasteiger partial charge in [0.15, 0.2) is 11.6 Å². The monoisotopic (exact) mass is 209 g/mol. The number of nitrogens with one attached hydrogen (secondary N) is 1. The number of para-hydroxylation sites is 1. The Bertz CT molecular complexity index is 353. The lowest BCUT2D eigenvalue weighted by atomic mass is 9.95. The first-order valence-corrected chi connectivity index (χ1v) is 5.30. The molecule has 1 heterocycles. The van der Waals surface area contributed by atoms with E-state index in [1.54, 1.807) is 6.07 Å². The van der Waals surface area contributed by atoms with Crippen LogP contribution in [-0.2, 0) is 0 Å². The van der Waals surface area contributed by atoms with Crippen LogP contribution in [0.2, 0.25) is 0 Å². The summed E-state index contributed by atoms with van der Waals surface area (Å²) in [5.74, 6) is 0.625. The van der Waals surface area contributed by atoms with E-state index < -0.39 is 0 Å². The molecule has 0 bridgehead atoms. The normalized spacial score (nSPS) is 25.5. The molecule has 1 aliphatic rings. The lowest BCUT2D eigenvalue weighted by Crippen LogP contribution is -2.17. The molecule has 1 aliphatic heterocycles. The Labute approximate surface area is 89.4 Å². The number of ether oxygens (including phenoxy) is 1. The standard InChI is InChI=1S/C12H16FNO/c1-8-6-7-14-11(8)9-4-3-5-10(13)12(9)15-2/h3-5,8,11,14H,6-7H2,1-2H3/t8-,11-/m0/s1. The zero-order chi connectivity index (χ0) is 10.8. The molecule has 1 saturated heterocycles. The fourth-order valence-electron chi connectivity index (χ4n) is 2.24. The minimum atomic E-state index is -0.282. The predicted molar refractivity (Wildman–Crippen MR) is 57.5 cm³/mol. The molecule has 1 aromatic rings. The highest BCUT2D eigenvalue weighted by Gasteiger charge is 2.27. The third-order valence-corrected chi connectivity index (χ3v) is 3.07. The minimum Gasteiger partial charge on any atom is -0.493 e. The molecular formula is C12H16FNO. The van der Waals surface area contributed by atoms with Gasteiger partial charge in [-0.15, -0.1) is 0 Å². The highest BCUT2D eigenvalue weighted by atomic mass is 19.1. The molecule has 2 atom stereocenters. The first-order valence-electron chi connectivity index (χ1n) is 5.30. The van der Waals surface area contributed by atoms with E-state index in [0.29, 0.717) is 11.7 Å². The smallest absolute Gasteiger partial charge is 0.165 e. The van der Waals surface area contributed by atoms with Crippen LogP contribution >= 0.6 is 0 Å². The first-order chi connectivity index (χ1) is 7.24. The molecule has 1 fully saturated rings. The Kier molecular flexibility index (Phi) is 2.91. The van der Waals surface area contributed by atoms with Crippen molar-refractivity contribution in [3.05, 3.63) is 29.6 Å². The highest BCUT2D eigenvalue weighted by molar-refractivity contribution is 5.38. The van der Waals surface area contributed by atoms with E-state index in [2.05, 4.69) is 12.2 Å². The largest absolute Gasteiger partial charge is 0.493 e. The van der Waals surface area contributed by atoms with Gasteiger partial charge in [0.2, 0.25) is 0 Å². The maximum Gasteiger partial charge on any atom is 0.165 e. The number of rotatable bonds is 2. The minimum absolute atomic E-state index is 0.218. The second kappa shape index (κ2) is 4.19. The number of halogens is 1. The van der Waals surface area contributed by atoms with E-state index in [0.717, 1.165) is 18.5 Å². The van der Waals surface area contributed by atoms with Crippen LogP contribution in [0.4, 0.5) is 4.39 Å². The summed E-state index contributed by atoms with van der Waals surface area (Å²) >= 11 is 0. The van der Waals surface area contributed by atoms with Gasteiger partial charge < -0.3 is 10.1 Å². The van der Waals surface area contributed by atoms with Crippen LogP contribution < -0.4 is 10.1 Å². The molecule has 2 rings (SSSR count). The Balaban J connectivity index is 2.38. The van der Waals surface area contributed by atoms with Crippen molar-refractivity contribution in [3.8, 4) is 5.75 Å². The van der Waals surface area contributed by atoms with Crippen molar-refractivity contribution in [2.75, 3.05) is 13.7 Å². The van der Waals surface area contributed by atoms with Crippen molar-refractivity contribution in [1.29, 1.82) is 0 Å². The van der Waals surface area contributed by atoms with E-state index in [-0.39, 0.29) is 11.9 Å². The Morgan fingerprint density at radius 3 is 2.87 bits per heavy atom. The van der Waals surface area contributed by atoms with Gasteiger partial charge >= 0.3 is 0 Å². The third kappa shape index (κ3) is 1.84. The van der Waals surface area contributed by atoms with Gasteiger partial charge in [-0.05, 0) is 24.9 Å². The van der Waals surface area contributed by atoms with Gasteiger partial charge in [-0.1, -0.05) is 19.1 Å². The first kappa shape index (κ1) is 10.4. The third-order valence-electron chi connectivity index (χ3n) is 3.07. The van der Waals surface area contributed by atoms with Crippen molar-refractivity contribution in [2.24, 2.45) is 5.92 Å². The maximum absolute atomic E-state index is 13.5. The van der Waals surface area contributed by atoms with Crippen LogP contribution in [0.3, 0.4) is 0 Å². The molecule has 2 nitrogen and oxygen atoms in total. The second-order valence-electron chi connectivity index (χ2n) is 4.06. The molecule has 3 heteroatoms. The summed E-state index contributed by atoms with van der Waals surface area (Å²) in [5.41, 5.74) is 0.933. The van der Waals surface area contributed by atoms with Crippen LogP contribution in [0.1, 0.15) is 24.9 Å². The molecule has 0 radical (unpaired) electrons. The second-order valence-corrected chi connectivity index (χ2v) is 4.06. The van der Waals surface area contributed by atoms with Crippen LogP contribution in [0.5, 0.6) is 5.75 Å². The molecule has 15 heavy (non-hydrogen) atoms. The predicted octanol–water partition coefficient (Wildman–Crippen LogP) is 2.50. The topological polar surface area (TPSA) is 21.3 Å². The average molecular weight is 209 g/mol. The van der Waals surface area contributed by atoms with Crippen molar-refractivity contribution in [2.45, 2.75) is 19.4 Å². The molecule has 0 spiro atoms. The summed E-state index contributed by atoms with van der Waals surface area (Å²) < 4.78 is 18.6. The number of benzene rings is 1. The van der Waals surface area contributed by atoms with Crippen molar-refractivity contribution >= 4 is 0 Å². The van der Waals surface area contributed by atoms with Gasteiger partial charge in [-0.25, -0.2) is 4.39 Å². The van der Waals surface area contributed by atoms with Crippen molar-refractivity contribution < 1.29 is 9.13 Å². The number of hydrogen-bond donors (Lipinski definition) is 1. The van der Waals surface area contributed by atoms with Crippen LogP contribution in [0.25, 0.3) is 0 Å². The number of methoxy groups -OCH3 is 1. The van der Waals surface area contributed by atoms with Gasteiger partial charge in [-0.3, -0.25) is 0 Å². The van der Waals surface area contributed by atoms with Crippen molar-refractivity contribution in [1.82, 2.24) is 5.32 Å². The molecule has 1 aromatic carbocycles. The summed E-state index contributed by atoms with van der Waals surface area (Å²) in [6.45, 7) is 3.17. The molecule has 0 amide bonds. The average Bonchev–Trinajstić information content (AvgIpc) is 2.64. The summed E-state index contributed by atoms with van der Waals surface area (Å²) in [5, 5.41) is 3.38. The quantitative estimate of drug-likeness (QED) is 0.808. The summed E-state index contributed by atoms with van der Waals surface area (Å²) in [7, 11) is 1.52. The van der Waals surface area contributed by atoms with Gasteiger partial charge in [0.1, 0.15) is 0 Å². The summed E-state index contributed by atoms with van der Waals surface area (Å²) in [4.78, 5) is 0. The van der Waals surface area contributed by atoms with Gasteiger partial charge in [-0.2, -0.15) is 0 Å². The SMILES string of the molecule is COc1c(F)cccc1[C@H]1NCC[C@@H]1C. The van der Waals surface area contributed by atoms with E-state index in [1.807, 2.05) is 6.07 Å². The van der Waals surface area contributed by atoms with E-state index >= 15 is 0 Å². The molecule has 82 valence electrons. The van der Waals surface area contributed by atoms with E-state index in [4.69, 9.17) is 4.74 Å². The summed E-state index contributed by atoms with van der Waals surface area (Å²) in [6.07, 6.45) is 1.13. The molecule has 1 N–H and O–H groups in total. The van der Waals surface area contributed by atoms with E-state index in [9.17, 15) is 4.39 Å². The highest BCUT2D eigenvalue weighted by Crippen LogP contribution is 2.35. The zero-order valence-corrected chi connectivity index (χ0v) is 9.09. The van der Waals surface area contributed by atoms with Gasteiger partial charge in [0.25, 0.3) is 0 Å². The molecule has 0 saturated carbocycles. The van der Waals surface area contributed by atoms with Gasteiger partial charge in [0.05, 0.1) is 7.11 Å². The van der Waals surface area contributed by atoms with Crippen LogP contribution in [0, 0.1) is 11.7 Å². The molecular weight excluding hydrogens is 193 g/mol. The fraction of sp³-hybridized carbons (Fsp3) is 0.500. The number of hydrogen-bond acceptors (Lipinski definition) is 2. The van der Waals surface area contributed by atoms with Crippen molar-refractivity contribution in [3.63, 3.8) is 0 Å². The fourth-order valence-corrected chi connectivity index (χ4v) is 2.24. The molecule has 0 unspecified atom stereocenters.